The maximum atomic E-state index is 11.8. The minimum atomic E-state index is -0.250. The number of carbonyl (C=O) groups is 1. The molecule has 3 N–H and O–H groups in total. The molecule has 0 radical (unpaired) electrons. The van der Waals surface area contributed by atoms with Crippen molar-refractivity contribution < 1.29 is 9.90 Å². The molecule has 29 heavy (non-hydrogen) atoms. The first-order valence-corrected chi connectivity index (χ1v) is 9.83. The van der Waals surface area contributed by atoms with E-state index in [-0.39, 0.29) is 11.7 Å². The summed E-state index contributed by atoms with van der Waals surface area (Å²) in [5.41, 5.74) is 1.53. The summed E-state index contributed by atoms with van der Waals surface area (Å²) in [6.45, 7) is 2.09. The number of hydrogen-bond donors (Lipinski definition) is 3. The summed E-state index contributed by atoms with van der Waals surface area (Å²) in [5.74, 6) is 0.506. The van der Waals surface area contributed by atoms with Gasteiger partial charge in [0, 0.05) is 41.5 Å². The third-order valence-electron chi connectivity index (χ3n) is 5.39. The van der Waals surface area contributed by atoms with E-state index in [9.17, 15) is 9.90 Å². The fourth-order valence-corrected chi connectivity index (χ4v) is 3.90. The number of aromatic nitrogens is 2. The number of likely N-dealkylation sites (N-methyl/N-ethyl adjacent to an activating group) is 1. The molecule has 2 heterocycles. The van der Waals surface area contributed by atoms with Crippen LogP contribution in [0.4, 0.5) is 5.82 Å². The summed E-state index contributed by atoms with van der Waals surface area (Å²) in [7, 11) is 3.69. The average Bonchev–Trinajstić information content (AvgIpc) is 2.74. The molecule has 1 aliphatic rings. The van der Waals surface area contributed by atoms with Crippen molar-refractivity contribution >= 4 is 22.5 Å². The molecule has 150 valence electrons. The van der Waals surface area contributed by atoms with Crippen LogP contribution in [0.1, 0.15) is 23.2 Å². The number of benzene rings is 2. The highest BCUT2D eigenvalue weighted by Gasteiger charge is 2.20. The van der Waals surface area contributed by atoms with Crippen molar-refractivity contribution in [3.8, 4) is 17.0 Å². The number of rotatable bonds is 4. The molecule has 1 fully saturated rings. The van der Waals surface area contributed by atoms with E-state index in [1.54, 1.807) is 19.2 Å². The molecule has 0 aliphatic carbocycles. The van der Waals surface area contributed by atoms with Gasteiger partial charge in [-0.05, 0) is 44.6 Å². The van der Waals surface area contributed by atoms with E-state index in [2.05, 4.69) is 32.8 Å². The molecule has 0 bridgehead atoms. The number of phenols is 1. The lowest BCUT2D eigenvalue weighted by molar-refractivity contribution is 0.0962. The van der Waals surface area contributed by atoms with Gasteiger partial charge in [0.15, 0.2) is 5.82 Å². The van der Waals surface area contributed by atoms with E-state index in [0.717, 1.165) is 42.5 Å². The summed E-state index contributed by atoms with van der Waals surface area (Å²) < 4.78 is 0. The van der Waals surface area contributed by atoms with Crippen molar-refractivity contribution in [3.05, 3.63) is 48.0 Å². The summed E-state index contributed by atoms with van der Waals surface area (Å²) >= 11 is 0. The predicted octanol–water partition coefficient (Wildman–Crippen LogP) is 2.87. The Hall–Kier alpha value is -3.19. The van der Waals surface area contributed by atoms with Crippen LogP contribution in [0.3, 0.4) is 0 Å². The zero-order chi connectivity index (χ0) is 20.4. The Labute approximate surface area is 169 Å². The second-order valence-corrected chi connectivity index (χ2v) is 7.50. The molecule has 0 spiro atoms. The number of fused-ring (bicyclic) bond motifs is 1. The van der Waals surface area contributed by atoms with Gasteiger partial charge in [-0.3, -0.25) is 4.79 Å². The quantitative estimate of drug-likeness (QED) is 0.634. The molecular formula is C22H25N5O2. The highest BCUT2D eigenvalue weighted by Crippen LogP contribution is 2.35. The number of amides is 1. The Balaban J connectivity index is 1.73. The number of likely N-dealkylation sites (tertiary alicyclic amines) is 1. The van der Waals surface area contributed by atoms with Crippen molar-refractivity contribution in [1.82, 2.24) is 20.4 Å². The van der Waals surface area contributed by atoms with Crippen molar-refractivity contribution in [1.29, 1.82) is 0 Å². The number of phenolic OH excluding ortho intramolecular Hbond substituents is 1. The Bertz CT molecular complexity index is 1050. The first-order valence-electron chi connectivity index (χ1n) is 9.83. The number of piperidine rings is 1. The van der Waals surface area contributed by atoms with Crippen molar-refractivity contribution in [2.45, 2.75) is 18.9 Å². The molecule has 1 unspecified atom stereocenters. The summed E-state index contributed by atoms with van der Waals surface area (Å²) in [6, 6.07) is 13.1. The van der Waals surface area contributed by atoms with Crippen molar-refractivity contribution in [3.63, 3.8) is 0 Å². The third kappa shape index (κ3) is 3.86. The Morgan fingerprint density at radius 1 is 1.17 bits per heavy atom. The molecule has 1 atom stereocenters. The van der Waals surface area contributed by atoms with Gasteiger partial charge in [-0.2, -0.15) is 0 Å². The second kappa shape index (κ2) is 8.05. The number of nitrogens with zero attached hydrogens (tertiary/aromatic N) is 3. The normalized spacial score (nSPS) is 17.2. The molecule has 3 aromatic rings. The molecule has 1 amide bonds. The van der Waals surface area contributed by atoms with E-state index in [1.165, 1.54) is 6.07 Å². The largest absolute Gasteiger partial charge is 0.507 e. The van der Waals surface area contributed by atoms with Gasteiger partial charge >= 0.3 is 0 Å². The van der Waals surface area contributed by atoms with E-state index in [1.807, 2.05) is 24.3 Å². The Morgan fingerprint density at radius 3 is 2.69 bits per heavy atom. The van der Waals surface area contributed by atoms with Crippen molar-refractivity contribution in [2.24, 2.45) is 0 Å². The van der Waals surface area contributed by atoms with Gasteiger partial charge in [0.1, 0.15) is 11.4 Å². The maximum Gasteiger partial charge on any atom is 0.251 e. The molecule has 1 aliphatic heterocycles. The first-order chi connectivity index (χ1) is 14.1. The monoisotopic (exact) mass is 391 g/mol. The van der Waals surface area contributed by atoms with Gasteiger partial charge in [-0.1, -0.05) is 24.3 Å². The number of hydrogen-bond acceptors (Lipinski definition) is 6. The zero-order valence-electron chi connectivity index (χ0n) is 16.6. The van der Waals surface area contributed by atoms with E-state index in [0.29, 0.717) is 22.9 Å². The number of carbonyl (C=O) groups excluding carboxylic acids is 1. The third-order valence-corrected chi connectivity index (χ3v) is 5.39. The average molecular weight is 391 g/mol. The van der Waals surface area contributed by atoms with E-state index >= 15 is 0 Å². The van der Waals surface area contributed by atoms with Gasteiger partial charge in [-0.15, -0.1) is 10.2 Å². The Kier molecular flexibility index (Phi) is 5.31. The zero-order valence-corrected chi connectivity index (χ0v) is 16.6. The van der Waals surface area contributed by atoms with Crippen LogP contribution in [0, 0.1) is 0 Å². The van der Waals surface area contributed by atoms with Crippen LogP contribution >= 0.6 is 0 Å². The van der Waals surface area contributed by atoms with Crippen LogP contribution in [0.5, 0.6) is 5.75 Å². The first kappa shape index (κ1) is 19.1. The Morgan fingerprint density at radius 2 is 1.97 bits per heavy atom. The molecule has 1 saturated heterocycles. The van der Waals surface area contributed by atoms with Crippen LogP contribution in [0.25, 0.3) is 22.0 Å². The second-order valence-electron chi connectivity index (χ2n) is 7.50. The molecule has 7 nitrogen and oxygen atoms in total. The molecule has 7 heteroatoms. The van der Waals surface area contributed by atoms with Crippen LogP contribution in [-0.2, 0) is 0 Å². The highest BCUT2D eigenvalue weighted by molar-refractivity contribution is 6.02. The van der Waals surface area contributed by atoms with Gasteiger partial charge < -0.3 is 20.6 Å². The van der Waals surface area contributed by atoms with E-state index in [4.69, 9.17) is 0 Å². The fraction of sp³-hybridized carbons (Fsp3) is 0.318. The van der Waals surface area contributed by atoms with Gasteiger partial charge in [-0.25, -0.2) is 0 Å². The lowest BCUT2D eigenvalue weighted by Gasteiger charge is -2.30. The van der Waals surface area contributed by atoms with E-state index < -0.39 is 0 Å². The molecular weight excluding hydrogens is 366 g/mol. The molecule has 2 aromatic carbocycles. The molecule has 4 rings (SSSR count). The fourth-order valence-electron chi connectivity index (χ4n) is 3.90. The molecule has 1 aromatic heterocycles. The van der Waals surface area contributed by atoms with Gasteiger partial charge in [0.2, 0.25) is 0 Å². The topological polar surface area (TPSA) is 90.4 Å². The lowest BCUT2D eigenvalue weighted by Crippen LogP contribution is -2.40. The molecule has 0 saturated carbocycles. The van der Waals surface area contributed by atoms with Gasteiger partial charge in [0.05, 0.1) is 0 Å². The van der Waals surface area contributed by atoms with Gasteiger partial charge in [0.25, 0.3) is 5.91 Å². The lowest BCUT2D eigenvalue weighted by atomic mass is 10.0. The number of aromatic hydroxyl groups is 1. The van der Waals surface area contributed by atoms with Crippen LogP contribution in [-0.4, -0.2) is 59.3 Å². The minimum absolute atomic E-state index is 0.000155. The smallest absolute Gasteiger partial charge is 0.251 e. The summed E-state index contributed by atoms with van der Waals surface area (Å²) in [5, 5.41) is 27.4. The summed E-state index contributed by atoms with van der Waals surface area (Å²) in [6.07, 6.45) is 2.26. The standard InChI is InChI=1S/C22H25N5O2/c1-23-22(29)14-9-10-18(19(28)12-14)20-16-7-3-4-8-17(16)21(26-25-20)24-15-6-5-11-27(2)13-15/h3-4,7-10,12,15,28H,5-6,11,13H2,1-2H3,(H,23,29)(H,24,26). The number of anilines is 1. The minimum Gasteiger partial charge on any atom is -0.507 e. The van der Waals surface area contributed by atoms with Crippen LogP contribution in [0.15, 0.2) is 42.5 Å². The highest BCUT2D eigenvalue weighted by atomic mass is 16.3. The van der Waals surface area contributed by atoms with Crippen molar-refractivity contribution in [2.75, 3.05) is 32.5 Å². The van der Waals surface area contributed by atoms with Crippen LogP contribution in [0.2, 0.25) is 0 Å². The van der Waals surface area contributed by atoms with Crippen LogP contribution < -0.4 is 10.6 Å². The summed E-state index contributed by atoms with van der Waals surface area (Å²) in [4.78, 5) is 14.1. The maximum absolute atomic E-state index is 11.8. The number of nitrogens with one attached hydrogen (secondary N) is 2. The SMILES string of the molecule is CNC(=O)c1ccc(-c2nnc(NC3CCCN(C)C3)c3ccccc23)c(O)c1. The predicted molar refractivity (Wildman–Crippen MR) is 114 cm³/mol.